The zero-order valence-electron chi connectivity index (χ0n) is 12.3. The molecular weight excluding hydrogens is 278 g/mol. The van der Waals surface area contributed by atoms with Crippen LogP contribution in [0.3, 0.4) is 0 Å². The van der Waals surface area contributed by atoms with Crippen LogP contribution in [0.1, 0.15) is 33.7 Å². The second-order valence-corrected chi connectivity index (χ2v) is 5.89. The summed E-state index contributed by atoms with van der Waals surface area (Å²) in [5.74, 6) is -0.113. The lowest BCUT2D eigenvalue weighted by Gasteiger charge is -2.22. The molecular formula is C16H17N5O. The Morgan fingerprint density at radius 3 is 3.23 bits per heavy atom. The summed E-state index contributed by atoms with van der Waals surface area (Å²) in [4.78, 5) is 16.8. The summed E-state index contributed by atoms with van der Waals surface area (Å²) in [6.07, 6.45) is 8.27. The summed E-state index contributed by atoms with van der Waals surface area (Å²) in [6, 6.07) is 4.06. The number of nitrogens with one attached hydrogen (secondary N) is 2. The van der Waals surface area contributed by atoms with Crippen molar-refractivity contribution in [3.05, 3.63) is 53.2 Å². The van der Waals surface area contributed by atoms with E-state index in [1.165, 1.54) is 11.3 Å². The number of aromatic nitrogens is 4. The minimum Gasteiger partial charge on any atom is -0.348 e. The van der Waals surface area contributed by atoms with Crippen molar-refractivity contribution in [2.75, 3.05) is 0 Å². The summed E-state index contributed by atoms with van der Waals surface area (Å²) >= 11 is 0. The van der Waals surface area contributed by atoms with Crippen LogP contribution >= 0.6 is 0 Å². The van der Waals surface area contributed by atoms with Crippen LogP contribution in [0.15, 0.2) is 30.7 Å². The first-order valence-electron chi connectivity index (χ1n) is 7.46. The van der Waals surface area contributed by atoms with E-state index in [9.17, 15) is 4.79 Å². The van der Waals surface area contributed by atoms with Crippen LogP contribution in [0.5, 0.6) is 0 Å². The Labute approximate surface area is 127 Å². The van der Waals surface area contributed by atoms with E-state index in [1.807, 2.05) is 35.9 Å². The van der Waals surface area contributed by atoms with E-state index in [4.69, 9.17) is 0 Å². The van der Waals surface area contributed by atoms with Crippen molar-refractivity contribution in [2.45, 2.75) is 32.2 Å². The second-order valence-electron chi connectivity index (χ2n) is 5.89. The van der Waals surface area contributed by atoms with Crippen LogP contribution in [-0.4, -0.2) is 31.5 Å². The molecule has 0 aliphatic heterocycles. The number of H-pyrrole nitrogens is 1. The van der Waals surface area contributed by atoms with Gasteiger partial charge in [-0.25, -0.2) is 4.98 Å². The average Bonchev–Trinajstić information content (AvgIpc) is 3.12. The maximum Gasteiger partial charge on any atom is 0.271 e. The molecule has 1 aliphatic rings. The molecule has 1 amide bonds. The zero-order valence-corrected chi connectivity index (χ0v) is 12.3. The van der Waals surface area contributed by atoms with Gasteiger partial charge in [0.1, 0.15) is 11.3 Å². The van der Waals surface area contributed by atoms with Crippen LogP contribution in [0.4, 0.5) is 0 Å². The molecule has 2 N–H and O–H groups in total. The first-order valence-corrected chi connectivity index (χ1v) is 7.46. The molecule has 0 saturated heterocycles. The number of hydrogen-bond donors (Lipinski definition) is 2. The number of fused-ring (bicyclic) bond motifs is 2. The van der Waals surface area contributed by atoms with Crippen LogP contribution < -0.4 is 5.32 Å². The molecule has 1 aliphatic carbocycles. The number of rotatable bonds is 2. The molecule has 3 heterocycles. The Hall–Kier alpha value is -2.63. The maximum atomic E-state index is 12.4. The monoisotopic (exact) mass is 295 g/mol. The number of carbonyl (C=O) groups excluding carboxylic acids is 1. The van der Waals surface area contributed by atoms with Gasteiger partial charge in [0.25, 0.3) is 5.91 Å². The summed E-state index contributed by atoms with van der Waals surface area (Å²) in [7, 11) is 0. The molecule has 6 heteroatoms. The first kappa shape index (κ1) is 13.1. The standard InChI is InChI=1S/C16H17N5O/c1-10-2-5-15-19-14(9-21(15)8-10)16(22)18-12-3-4-13-11(6-12)7-17-20-13/h2,5,7-9,12H,3-4,6H2,1H3,(H,17,20)(H,18,22). The predicted octanol–water partition coefficient (Wildman–Crippen LogP) is 1.65. The number of nitrogens with zero attached hydrogens (tertiary/aromatic N) is 3. The van der Waals surface area contributed by atoms with E-state index >= 15 is 0 Å². The number of imidazole rings is 1. The van der Waals surface area contributed by atoms with Crippen molar-refractivity contribution in [1.82, 2.24) is 24.9 Å². The van der Waals surface area contributed by atoms with E-state index in [-0.39, 0.29) is 11.9 Å². The minimum atomic E-state index is -0.113. The molecule has 1 unspecified atom stereocenters. The van der Waals surface area contributed by atoms with E-state index in [0.717, 1.165) is 30.5 Å². The van der Waals surface area contributed by atoms with E-state index in [0.29, 0.717) is 5.69 Å². The number of carbonyl (C=O) groups is 1. The third kappa shape index (κ3) is 2.26. The number of hydrogen-bond acceptors (Lipinski definition) is 3. The van der Waals surface area contributed by atoms with Gasteiger partial charge in [-0.3, -0.25) is 9.89 Å². The Balaban J connectivity index is 1.52. The van der Waals surface area contributed by atoms with Crippen LogP contribution in [-0.2, 0) is 12.8 Å². The summed E-state index contributed by atoms with van der Waals surface area (Å²) in [5.41, 5.74) is 4.77. The number of aromatic amines is 1. The van der Waals surface area contributed by atoms with Crippen molar-refractivity contribution in [1.29, 1.82) is 0 Å². The second kappa shape index (κ2) is 4.98. The third-order valence-corrected chi connectivity index (χ3v) is 4.18. The van der Waals surface area contributed by atoms with Gasteiger partial charge < -0.3 is 9.72 Å². The highest BCUT2D eigenvalue weighted by Crippen LogP contribution is 2.19. The van der Waals surface area contributed by atoms with Crippen LogP contribution in [0, 0.1) is 6.92 Å². The lowest BCUT2D eigenvalue weighted by atomic mass is 9.93. The van der Waals surface area contributed by atoms with E-state index in [1.54, 1.807) is 6.20 Å². The quantitative estimate of drug-likeness (QED) is 0.755. The normalized spacial score (nSPS) is 17.4. The largest absolute Gasteiger partial charge is 0.348 e. The fourth-order valence-corrected chi connectivity index (χ4v) is 3.01. The SMILES string of the molecule is Cc1ccc2nc(C(=O)NC3CCc4[nH]ncc4C3)cn2c1. The van der Waals surface area contributed by atoms with Gasteiger partial charge in [-0.1, -0.05) is 6.07 Å². The molecule has 0 fully saturated rings. The average molecular weight is 295 g/mol. The number of aryl methyl sites for hydroxylation is 2. The van der Waals surface area contributed by atoms with Crippen molar-refractivity contribution in [3.63, 3.8) is 0 Å². The van der Waals surface area contributed by atoms with Crippen molar-refractivity contribution in [3.8, 4) is 0 Å². The molecule has 0 aromatic carbocycles. The maximum absolute atomic E-state index is 12.4. The highest BCUT2D eigenvalue weighted by molar-refractivity contribution is 5.93. The molecule has 1 atom stereocenters. The van der Waals surface area contributed by atoms with Gasteiger partial charge in [0.05, 0.1) is 6.20 Å². The van der Waals surface area contributed by atoms with Gasteiger partial charge in [-0.15, -0.1) is 0 Å². The number of pyridine rings is 1. The van der Waals surface area contributed by atoms with Crippen molar-refractivity contribution >= 4 is 11.6 Å². The van der Waals surface area contributed by atoms with Crippen LogP contribution in [0.25, 0.3) is 5.65 Å². The zero-order chi connectivity index (χ0) is 15.1. The van der Waals surface area contributed by atoms with Gasteiger partial charge >= 0.3 is 0 Å². The van der Waals surface area contributed by atoms with Gasteiger partial charge in [-0.05, 0) is 43.4 Å². The smallest absolute Gasteiger partial charge is 0.271 e. The number of amides is 1. The topological polar surface area (TPSA) is 75.1 Å². The Morgan fingerprint density at radius 2 is 2.32 bits per heavy atom. The van der Waals surface area contributed by atoms with Crippen molar-refractivity contribution in [2.24, 2.45) is 0 Å². The molecule has 3 aromatic heterocycles. The van der Waals surface area contributed by atoms with Crippen LogP contribution in [0.2, 0.25) is 0 Å². The summed E-state index contributed by atoms with van der Waals surface area (Å²) < 4.78 is 1.89. The highest BCUT2D eigenvalue weighted by Gasteiger charge is 2.22. The van der Waals surface area contributed by atoms with E-state index < -0.39 is 0 Å². The molecule has 6 nitrogen and oxygen atoms in total. The predicted molar refractivity (Wildman–Crippen MR) is 81.8 cm³/mol. The van der Waals surface area contributed by atoms with Crippen molar-refractivity contribution < 1.29 is 4.79 Å². The van der Waals surface area contributed by atoms with Gasteiger partial charge in [0, 0.05) is 24.1 Å². The van der Waals surface area contributed by atoms with E-state index in [2.05, 4.69) is 20.5 Å². The van der Waals surface area contributed by atoms with Gasteiger partial charge in [0.15, 0.2) is 0 Å². The lowest BCUT2D eigenvalue weighted by molar-refractivity contribution is 0.0929. The molecule has 4 rings (SSSR count). The van der Waals surface area contributed by atoms with Gasteiger partial charge in [-0.2, -0.15) is 5.10 Å². The Bertz CT molecular complexity index is 847. The molecule has 0 spiro atoms. The summed E-state index contributed by atoms with van der Waals surface area (Å²) in [5, 5.41) is 10.2. The van der Waals surface area contributed by atoms with Gasteiger partial charge in [0.2, 0.25) is 0 Å². The minimum absolute atomic E-state index is 0.113. The Morgan fingerprint density at radius 1 is 1.41 bits per heavy atom. The molecule has 3 aromatic rings. The first-order chi connectivity index (χ1) is 10.7. The molecule has 0 saturated carbocycles. The Kier molecular flexibility index (Phi) is 2.96. The highest BCUT2D eigenvalue weighted by atomic mass is 16.2. The lowest BCUT2D eigenvalue weighted by Crippen LogP contribution is -2.38. The fourth-order valence-electron chi connectivity index (χ4n) is 3.01. The third-order valence-electron chi connectivity index (χ3n) is 4.18. The molecule has 0 radical (unpaired) electrons. The molecule has 22 heavy (non-hydrogen) atoms. The fraction of sp³-hybridized carbons (Fsp3) is 0.312. The molecule has 112 valence electrons. The molecule has 0 bridgehead atoms. The summed E-state index contributed by atoms with van der Waals surface area (Å²) in [6.45, 7) is 2.02.